The summed E-state index contributed by atoms with van der Waals surface area (Å²) in [7, 11) is 0. The Morgan fingerprint density at radius 2 is 2.07 bits per heavy atom. The highest BCUT2D eigenvalue weighted by Crippen LogP contribution is 2.06. The fourth-order valence-corrected chi connectivity index (χ4v) is 1.41. The average Bonchev–Trinajstić information content (AvgIpc) is 2.11. The second kappa shape index (κ2) is 6.60. The van der Waals surface area contributed by atoms with Crippen LogP contribution in [0.5, 0.6) is 0 Å². The van der Waals surface area contributed by atoms with Gasteiger partial charge in [0.1, 0.15) is 0 Å². The van der Waals surface area contributed by atoms with Crippen molar-refractivity contribution in [2.24, 2.45) is 0 Å². The number of carboxylic acids is 1. The molecule has 3 heteroatoms. The minimum atomic E-state index is -0.859. The van der Waals surface area contributed by atoms with Crippen LogP contribution >= 0.6 is 0 Å². The molecule has 0 aliphatic rings. The SMILES string of the molecule is CCC(C)N(CC)CC(C)=CC(=O)O. The van der Waals surface area contributed by atoms with E-state index in [4.69, 9.17) is 5.11 Å². The second-order valence-electron chi connectivity index (χ2n) is 3.65. The highest BCUT2D eigenvalue weighted by molar-refractivity contribution is 5.80. The minimum Gasteiger partial charge on any atom is -0.478 e. The van der Waals surface area contributed by atoms with Crippen LogP contribution in [0, 0.1) is 0 Å². The highest BCUT2D eigenvalue weighted by atomic mass is 16.4. The van der Waals surface area contributed by atoms with Crippen molar-refractivity contribution in [3.8, 4) is 0 Å². The molecule has 0 aromatic heterocycles. The molecule has 14 heavy (non-hydrogen) atoms. The van der Waals surface area contributed by atoms with E-state index < -0.39 is 5.97 Å². The van der Waals surface area contributed by atoms with Crippen LogP contribution in [0.4, 0.5) is 0 Å². The summed E-state index contributed by atoms with van der Waals surface area (Å²) in [6.07, 6.45) is 2.37. The number of hydrogen-bond acceptors (Lipinski definition) is 2. The van der Waals surface area contributed by atoms with Crippen molar-refractivity contribution in [1.29, 1.82) is 0 Å². The van der Waals surface area contributed by atoms with Gasteiger partial charge in [-0.2, -0.15) is 0 Å². The van der Waals surface area contributed by atoms with E-state index >= 15 is 0 Å². The Hall–Kier alpha value is -0.830. The molecule has 1 unspecified atom stereocenters. The summed E-state index contributed by atoms with van der Waals surface area (Å²) in [5.41, 5.74) is 0.902. The third kappa shape index (κ3) is 5.02. The third-order valence-corrected chi connectivity index (χ3v) is 2.44. The molecule has 1 atom stereocenters. The van der Waals surface area contributed by atoms with Gasteiger partial charge in [0, 0.05) is 18.7 Å². The predicted molar refractivity (Wildman–Crippen MR) is 58.4 cm³/mol. The summed E-state index contributed by atoms with van der Waals surface area (Å²) < 4.78 is 0. The zero-order valence-corrected chi connectivity index (χ0v) is 9.58. The molecule has 82 valence electrons. The predicted octanol–water partition coefficient (Wildman–Crippen LogP) is 2.14. The van der Waals surface area contributed by atoms with E-state index in [1.807, 2.05) is 6.92 Å². The molecular formula is C11H21NO2. The number of nitrogens with zero attached hydrogens (tertiary/aromatic N) is 1. The maximum Gasteiger partial charge on any atom is 0.328 e. The molecule has 0 amide bonds. The van der Waals surface area contributed by atoms with Gasteiger partial charge in [-0.15, -0.1) is 0 Å². The van der Waals surface area contributed by atoms with Crippen LogP contribution in [-0.4, -0.2) is 35.1 Å². The molecule has 0 heterocycles. The van der Waals surface area contributed by atoms with E-state index in [9.17, 15) is 4.79 Å². The standard InChI is InChI=1S/C11H21NO2/c1-5-10(4)12(6-2)8-9(3)7-11(13)14/h7,10H,5-6,8H2,1-4H3,(H,13,14). The summed E-state index contributed by atoms with van der Waals surface area (Å²) in [5, 5.41) is 8.57. The van der Waals surface area contributed by atoms with Crippen LogP contribution < -0.4 is 0 Å². The fraction of sp³-hybridized carbons (Fsp3) is 0.727. The van der Waals surface area contributed by atoms with Crippen molar-refractivity contribution in [2.75, 3.05) is 13.1 Å². The van der Waals surface area contributed by atoms with Crippen LogP contribution in [-0.2, 0) is 4.79 Å². The number of hydrogen-bond donors (Lipinski definition) is 1. The summed E-state index contributed by atoms with van der Waals surface area (Å²) >= 11 is 0. The first-order valence-electron chi connectivity index (χ1n) is 5.15. The lowest BCUT2D eigenvalue weighted by atomic mass is 10.2. The van der Waals surface area contributed by atoms with Gasteiger partial charge in [-0.25, -0.2) is 4.79 Å². The molecule has 1 N–H and O–H groups in total. The van der Waals surface area contributed by atoms with E-state index in [1.54, 1.807) is 0 Å². The zero-order valence-electron chi connectivity index (χ0n) is 9.58. The van der Waals surface area contributed by atoms with E-state index in [1.165, 1.54) is 6.08 Å². The second-order valence-corrected chi connectivity index (χ2v) is 3.65. The van der Waals surface area contributed by atoms with E-state index in [2.05, 4.69) is 25.7 Å². The van der Waals surface area contributed by atoms with Crippen molar-refractivity contribution in [1.82, 2.24) is 4.90 Å². The first-order chi connectivity index (χ1) is 6.51. The topological polar surface area (TPSA) is 40.5 Å². The van der Waals surface area contributed by atoms with Gasteiger partial charge in [-0.3, -0.25) is 4.90 Å². The maximum absolute atomic E-state index is 10.4. The van der Waals surface area contributed by atoms with Crippen LogP contribution in [0.2, 0.25) is 0 Å². The number of carboxylic acid groups (broad SMARTS) is 1. The number of carbonyl (C=O) groups is 1. The quantitative estimate of drug-likeness (QED) is 0.666. The Kier molecular flexibility index (Phi) is 6.21. The van der Waals surface area contributed by atoms with Crippen molar-refractivity contribution in [2.45, 2.75) is 40.2 Å². The molecule has 0 radical (unpaired) electrons. The fourth-order valence-electron chi connectivity index (χ4n) is 1.41. The zero-order chi connectivity index (χ0) is 11.1. The monoisotopic (exact) mass is 199 g/mol. The lowest BCUT2D eigenvalue weighted by Crippen LogP contribution is -2.33. The van der Waals surface area contributed by atoms with Gasteiger partial charge in [0.15, 0.2) is 0 Å². The summed E-state index contributed by atoms with van der Waals surface area (Å²) in [4.78, 5) is 12.7. The number of rotatable bonds is 6. The average molecular weight is 199 g/mol. The summed E-state index contributed by atoms with van der Waals surface area (Å²) in [6.45, 7) is 9.97. The van der Waals surface area contributed by atoms with E-state index in [0.717, 1.165) is 25.1 Å². The van der Waals surface area contributed by atoms with Gasteiger partial charge in [0.25, 0.3) is 0 Å². The van der Waals surface area contributed by atoms with Crippen molar-refractivity contribution < 1.29 is 9.90 Å². The Morgan fingerprint density at radius 1 is 1.50 bits per heavy atom. The van der Waals surface area contributed by atoms with E-state index in [0.29, 0.717) is 6.04 Å². The molecule has 3 nitrogen and oxygen atoms in total. The first-order valence-corrected chi connectivity index (χ1v) is 5.15. The van der Waals surface area contributed by atoms with Crippen LogP contribution in [0.25, 0.3) is 0 Å². The third-order valence-electron chi connectivity index (χ3n) is 2.44. The lowest BCUT2D eigenvalue weighted by Gasteiger charge is -2.27. The van der Waals surface area contributed by atoms with Crippen LogP contribution in [0.1, 0.15) is 34.1 Å². The Balaban J connectivity index is 4.24. The van der Waals surface area contributed by atoms with Crippen molar-refractivity contribution in [3.05, 3.63) is 11.6 Å². The number of aliphatic carboxylic acids is 1. The van der Waals surface area contributed by atoms with Gasteiger partial charge < -0.3 is 5.11 Å². The Morgan fingerprint density at radius 3 is 2.43 bits per heavy atom. The molecule has 0 aliphatic heterocycles. The smallest absolute Gasteiger partial charge is 0.328 e. The van der Waals surface area contributed by atoms with E-state index in [-0.39, 0.29) is 0 Å². The van der Waals surface area contributed by atoms with Gasteiger partial charge in [-0.1, -0.05) is 19.4 Å². The molecule has 0 bridgehead atoms. The molecular weight excluding hydrogens is 178 g/mol. The Labute approximate surface area is 86.4 Å². The van der Waals surface area contributed by atoms with Crippen LogP contribution in [0.15, 0.2) is 11.6 Å². The van der Waals surface area contributed by atoms with Crippen LogP contribution in [0.3, 0.4) is 0 Å². The molecule has 0 saturated heterocycles. The van der Waals surface area contributed by atoms with Crippen molar-refractivity contribution in [3.63, 3.8) is 0 Å². The minimum absolute atomic E-state index is 0.511. The normalized spacial score (nSPS) is 14.5. The molecule has 0 spiro atoms. The number of likely N-dealkylation sites (N-methyl/N-ethyl adjacent to an activating group) is 1. The Bertz CT molecular complexity index is 211. The summed E-state index contributed by atoms with van der Waals surface area (Å²) in [5.74, 6) is -0.859. The van der Waals surface area contributed by atoms with Gasteiger partial charge in [0.05, 0.1) is 0 Å². The molecule has 0 rings (SSSR count). The largest absolute Gasteiger partial charge is 0.478 e. The molecule has 0 fully saturated rings. The molecule has 0 aromatic rings. The van der Waals surface area contributed by atoms with Gasteiger partial charge in [0.2, 0.25) is 0 Å². The van der Waals surface area contributed by atoms with Gasteiger partial charge >= 0.3 is 5.97 Å². The molecule has 0 aliphatic carbocycles. The highest BCUT2D eigenvalue weighted by Gasteiger charge is 2.10. The van der Waals surface area contributed by atoms with Gasteiger partial charge in [-0.05, 0) is 26.8 Å². The molecule has 0 aromatic carbocycles. The van der Waals surface area contributed by atoms with Crippen molar-refractivity contribution >= 4 is 5.97 Å². The first kappa shape index (κ1) is 13.2. The summed E-state index contributed by atoms with van der Waals surface area (Å²) in [6, 6.07) is 0.511. The molecule has 0 saturated carbocycles. The lowest BCUT2D eigenvalue weighted by molar-refractivity contribution is -0.131. The maximum atomic E-state index is 10.4.